The minimum Gasteiger partial charge on any atom is -0.507 e. The second kappa shape index (κ2) is 15.0. The van der Waals surface area contributed by atoms with Gasteiger partial charge < -0.3 is 25.6 Å². The van der Waals surface area contributed by atoms with Gasteiger partial charge in [0.15, 0.2) is 5.78 Å². The Bertz CT molecular complexity index is 924. The number of carbonyl (C=O) groups is 4. The third kappa shape index (κ3) is 10.7. The summed E-state index contributed by atoms with van der Waals surface area (Å²) in [5.41, 5.74) is 2.32. The Balaban J connectivity index is -0.000000973. The summed E-state index contributed by atoms with van der Waals surface area (Å²) < 4.78 is 0. The standard InChI is InChI=1S/C21H28O6.C7H14O.H2O.2H2/c1-12-3-4-18(25)21-16(12)9-14(10-20(21)27)8-15(5-6-22)17(11-23)19(26)7-13(2)24;1-6(8)5-7(2,3)4;;;/h3-4,14-15,17,22-23,25H,5-11H2,1-2H3;5H2,1-4H3;1H2;2*1H. The number of aliphatic hydroxyl groups is 2. The lowest BCUT2D eigenvalue weighted by Gasteiger charge is -2.31. The normalized spacial score (nSPS) is 16.6. The number of carbonyl (C=O) groups excluding carboxylic acids is 4. The SMILES string of the molecule is CC(=O)CC(=O)C(CO)C(CCO)CC1CC(=O)c2c(O)ccc(C)c2C1.CC(=O)CC(C)(C)C.O.[HH].[HH]. The van der Waals surface area contributed by atoms with Gasteiger partial charge in [0.1, 0.15) is 23.1 Å². The molecule has 8 heteroatoms. The molecule has 0 saturated carbocycles. The van der Waals surface area contributed by atoms with E-state index in [1.165, 1.54) is 13.0 Å². The van der Waals surface area contributed by atoms with Gasteiger partial charge in [0, 0.05) is 28.2 Å². The number of ketones is 4. The molecule has 0 fully saturated rings. The number of aryl methyl sites for hydroxylation is 1. The van der Waals surface area contributed by atoms with Crippen molar-refractivity contribution in [3.05, 3.63) is 28.8 Å². The van der Waals surface area contributed by atoms with Crippen LogP contribution in [-0.2, 0) is 20.8 Å². The van der Waals surface area contributed by atoms with E-state index in [1.54, 1.807) is 13.0 Å². The molecule has 8 nitrogen and oxygen atoms in total. The van der Waals surface area contributed by atoms with Gasteiger partial charge in [0.2, 0.25) is 0 Å². The zero-order valence-electron chi connectivity index (χ0n) is 22.5. The lowest BCUT2D eigenvalue weighted by atomic mass is 9.73. The van der Waals surface area contributed by atoms with Gasteiger partial charge in [-0.05, 0) is 74.5 Å². The van der Waals surface area contributed by atoms with Gasteiger partial charge in [-0.25, -0.2) is 0 Å². The van der Waals surface area contributed by atoms with Crippen molar-refractivity contribution >= 4 is 23.1 Å². The number of benzene rings is 1. The molecule has 36 heavy (non-hydrogen) atoms. The van der Waals surface area contributed by atoms with Gasteiger partial charge in [-0.2, -0.15) is 0 Å². The van der Waals surface area contributed by atoms with E-state index >= 15 is 0 Å². The van der Waals surface area contributed by atoms with Crippen molar-refractivity contribution in [3.8, 4) is 5.75 Å². The van der Waals surface area contributed by atoms with Gasteiger partial charge in [0.25, 0.3) is 0 Å². The van der Waals surface area contributed by atoms with E-state index in [9.17, 15) is 34.5 Å². The summed E-state index contributed by atoms with van der Waals surface area (Å²) in [7, 11) is 0. The Morgan fingerprint density at radius 2 is 1.69 bits per heavy atom. The van der Waals surface area contributed by atoms with E-state index in [0.717, 1.165) is 11.1 Å². The first kappa shape index (κ1) is 33.6. The van der Waals surface area contributed by atoms with Crippen LogP contribution in [0.5, 0.6) is 5.75 Å². The molecule has 5 N–H and O–H groups in total. The van der Waals surface area contributed by atoms with Crippen molar-refractivity contribution in [2.75, 3.05) is 13.2 Å². The molecule has 0 radical (unpaired) electrons. The lowest BCUT2D eigenvalue weighted by Crippen LogP contribution is -2.32. The number of aromatic hydroxyl groups is 1. The maximum Gasteiger partial charge on any atom is 0.167 e. The van der Waals surface area contributed by atoms with E-state index < -0.39 is 5.92 Å². The van der Waals surface area contributed by atoms with Crippen LogP contribution in [0.25, 0.3) is 0 Å². The molecule has 0 heterocycles. The number of rotatable bonds is 10. The molecule has 1 aliphatic rings. The van der Waals surface area contributed by atoms with Crippen molar-refractivity contribution in [2.45, 2.75) is 80.1 Å². The number of aliphatic hydroxyl groups excluding tert-OH is 2. The maximum absolute atomic E-state index is 12.6. The van der Waals surface area contributed by atoms with Gasteiger partial charge in [0.05, 0.1) is 18.6 Å². The van der Waals surface area contributed by atoms with Crippen molar-refractivity contribution < 1.29 is 42.8 Å². The van der Waals surface area contributed by atoms with Crippen LogP contribution in [-0.4, -0.2) is 57.1 Å². The van der Waals surface area contributed by atoms with Crippen molar-refractivity contribution in [2.24, 2.45) is 23.2 Å². The second-order valence-electron chi connectivity index (χ2n) is 11.0. The van der Waals surface area contributed by atoms with E-state index in [4.69, 9.17) is 0 Å². The third-order valence-corrected chi connectivity index (χ3v) is 6.29. The topological polar surface area (TPSA) is 160 Å². The van der Waals surface area contributed by atoms with Crippen LogP contribution in [0.1, 0.15) is 91.1 Å². The van der Waals surface area contributed by atoms with Gasteiger partial charge >= 0.3 is 0 Å². The zero-order valence-corrected chi connectivity index (χ0v) is 22.5. The molecule has 1 aromatic rings. The van der Waals surface area contributed by atoms with Gasteiger partial charge in [-0.3, -0.25) is 14.4 Å². The number of fused-ring (bicyclic) bond motifs is 1. The molecular weight excluding hydrogens is 464 g/mol. The molecule has 0 spiro atoms. The third-order valence-electron chi connectivity index (χ3n) is 6.29. The highest BCUT2D eigenvalue weighted by atomic mass is 16.3. The van der Waals surface area contributed by atoms with Gasteiger partial charge in [-0.15, -0.1) is 0 Å². The number of Topliss-reactive ketones (excluding diaryl/α,β-unsaturated/α-hetero) is 4. The Hall–Kier alpha value is -2.42. The molecule has 3 unspecified atom stereocenters. The quantitative estimate of drug-likeness (QED) is 0.403. The minimum atomic E-state index is -0.720. The molecule has 1 aromatic carbocycles. The first-order valence-electron chi connectivity index (χ1n) is 12.3. The summed E-state index contributed by atoms with van der Waals surface area (Å²) in [4.78, 5) is 46.6. The molecule has 3 atom stereocenters. The molecule has 208 valence electrons. The smallest absolute Gasteiger partial charge is 0.167 e. The Morgan fingerprint density at radius 1 is 1.08 bits per heavy atom. The molecule has 0 aliphatic heterocycles. The summed E-state index contributed by atoms with van der Waals surface area (Å²) >= 11 is 0. The fraction of sp³-hybridized carbons (Fsp3) is 0.643. The molecule has 0 bridgehead atoms. The molecule has 0 aromatic heterocycles. The molecular formula is C28H48O8. The van der Waals surface area contributed by atoms with Crippen molar-refractivity contribution in [3.63, 3.8) is 0 Å². The Kier molecular flexibility index (Phi) is 14.0. The summed E-state index contributed by atoms with van der Waals surface area (Å²) in [6.45, 7) is 10.5. The van der Waals surface area contributed by atoms with Crippen LogP contribution >= 0.6 is 0 Å². The molecule has 0 amide bonds. The first-order valence-corrected chi connectivity index (χ1v) is 12.3. The van der Waals surface area contributed by atoms with E-state index in [-0.39, 0.29) is 80.5 Å². The summed E-state index contributed by atoms with van der Waals surface area (Å²) in [6, 6.07) is 3.31. The van der Waals surface area contributed by atoms with Crippen molar-refractivity contribution in [1.82, 2.24) is 0 Å². The average molecular weight is 513 g/mol. The predicted octanol–water partition coefficient (Wildman–Crippen LogP) is 3.67. The summed E-state index contributed by atoms with van der Waals surface area (Å²) in [5, 5.41) is 29.1. The van der Waals surface area contributed by atoms with Gasteiger partial charge in [-0.1, -0.05) is 26.8 Å². The van der Waals surface area contributed by atoms with E-state index in [0.29, 0.717) is 31.2 Å². The Labute approximate surface area is 217 Å². The van der Waals surface area contributed by atoms with Crippen LogP contribution in [0.15, 0.2) is 12.1 Å². The first-order chi connectivity index (χ1) is 16.2. The highest BCUT2D eigenvalue weighted by molar-refractivity contribution is 6.01. The second-order valence-corrected chi connectivity index (χ2v) is 11.0. The zero-order chi connectivity index (χ0) is 26.9. The monoisotopic (exact) mass is 512 g/mol. The largest absolute Gasteiger partial charge is 0.507 e. The highest BCUT2D eigenvalue weighted by Crippen LogP contribution is 2.38. The Morgan fingerprint density at radius 3 is 2.14 bits per heavy atom. The van der Waals surface area contributed by atoms with E-state index in [1.807, 2.05) is 6.92 Å². The number of hydrogen-bond acceptors (Lipinski definition) is 7. The molecule has 1 aliphatic carbocycles. The van der Waals surface area contributed by atoms with Crippen LogP contribution in [0, 0.1) is 30.1 Å². The minimum absolute atomic E-state index is 0. The number of phenolic OH excluding ortho intramolecular Hbond substituents is 1. The lowest BCUT2D eigenvalue weighted by molar-refractivity contribution is -0.131. The highest BCUT2D eigenvalue weighted by Gasteiger charge is 2.34. The van der Waals surface area contributed by atoms with Crippen LogP contribution in [0.3, 0.4) is 0 Å². The molecule has 0 saturated heterocycles. The summed E-state index contributed by atoms with van der Waals surface area (Å²) in [6.07, 6.45) is 2.13. The number of hydrogen-bond donors (Lipinski definition) is 3. The maximum atomic E-state index is 12.6. The number of phenols is 1. The van der Waals surface area contributed by atoms with Crippen LogP contribution < -0.4 is 0 Å². The fourth-order valence-electron chi connectivity index (χ4n) is 4.92. The predicted molar refractivity (Wildman–Crippen MR) is 142 cm³/mol. The van der Waals surface area contributed by atoms with Crippen LogP contribution in [0.4, 0.5) is 0 Å². The van der Waals surface area contributed by atoms with Crippen LogP contribution in [0.2, 0.25) is 0 Å². The van der Waals surface area contributed by atoms with E-state index in [2.05, 4.69) is 20.8 Å². The van der Waals surface area contributed by atoms with Crippen molar-refractivity contribution in [1.29, 1.82) is 0 Å². The average Bonchev–Trinajstić information content (AvgIpc) is 2.69. The molecule has 2 rings (SSSR count). The fourth-order valence-corrected chi connectivity index (χ4v) is 4.92. The summed E-state index contributed by atoms with van der Waals surface area (Å²) in [5.74, 6) is -1.49.